The monoisotopic (exact) mass is 411 g/mol. The summed E-state index contributed by atoms with van der Waals surface area (Å²) in [6.07, 6.45) is 0.827. The maximum Gasteiger partial charge on any atom is 0.279 e. The zero-order valence-electron chi connectivity index (χ0n) is 15.4. The average Bonchev–Trinajstić information content (AvgIpc) is 3.05. The molecule has 0 aliphatic rings. The number of carbonyl (C=O) groups is 2. The predicted molar refractivity (Wildman–Crippen MR) is 102 cm³/mol. The van der Waals surface area contributed by atoms with Crippen molar-refractivity contribution in [2.75, 3.05) is 14.2 Å². The largest absolute Gasteiger partial charge is 0.288 e. The highest BCUT2D eigenvalue weighted by atomic mass is 32.2. The summed E-state index contributed by atoms with van der Waals surface area (Å²) < 4.78 is 25.2. The molecule has 0 atom stereocenters. The van der Waals surface area contributed by atoms with Gasteiger partial charge in [-0.2, -0.15) is 0 Å². The smallest absolute Gasteiger partial charge is 0.279 e. The molecular weight excluding hydrogens is 390 g/mol. The van der Waals surface area contributed by atoms with Crippen LogP contribution in [0.25, 0.3) is 0 Å². The Balaban J connectivity index is 2.10. The van der Waals surface area contributed by atoms with Gasteiger partial charge in [0.05, 0.1) is 16.9 Å². The molecule has 2 rings (SSSR count). The Morgan fingerprint density at radius 1 is 1.19 bits per heavy atom. The molecule has 2 amide bonds. The van der Waals surface area contributed by atoms with Crippen LogP contribution in [0.2, 0.25) is 0 Å². The number of rotatable bonds is 6. The highest BCUT2D eigenvalue weighted by molar-refractivity contribution is 7.89. The molecule has 0 spiro atoms. The second-order valence-corrected chi connectivity index (χ2v) is 8.68. The molecule has 0 aliphatic carbocycles. The third-order valence-electron chi connectivity index (χ3n) is 3.84. The van der Waals surface area contributed by atoms with Crippen molar-refractivity contribution in [3.8, 4) is 0 Å². The SMILES string of the molecule is CCc1sc(C(=O)NNC(=O)c2cccc(S(=O)(=O)N(C)OC)c2)cc1C. The van der Waals surface area contributed by atoms with Crippen LogP contribution in [-0.4, -0.2) is 38.9 Å². The second-order valence-electron chi connectivity index (χ2n) is 5.60. The number of hydrogen-bond acceptors (Lipinski definition) is 6. The number of aryl methyl sites for hydroxylation is 2. The summed E-state index contributed by atoms with van der Waals surface area (Å²) >= 11 is 1.36. The third-order valence-corrected chi connectivity index (χ3v) is 6.90. The van der Waals surface area contributed by atoms with Crippen molar-refractivity contribution in [2.45, 2.75) is 25.2 Å². The minimum atomic E-state index is -3.88. The van der Waals surface area contributed by atoms with Crippen LogP contribution < -0.4 is 10.9 Å². The molecule has 2 aromatic rings. The first kappa shape index (κ1) is 21.0. The first-order valence-electron chi connectivity index (χ1n) is 8.03. The molecule has 10 heteroatoms. The summed E-state index contributed by atoms with van der Waals surface area (Å²) in [7, 11) is -1.41. The Labute approximate surface area is 162 Å². The zero-order valence-corrected chi connectivity index (χ0v) is 17.0. The van der Waals surface area contributed by atoms with Gasteiger partial charge >= 0.3 is 0 Å². The zero-order chi connectivity index (χ0) is 20.2. The van der Waals surface area contributed by atoms with Crippen molar-refractivity contribution in [3.63, 3.8) is 0 Å². The minimum Gasteiger partial charge on any atom is -0.288 e. The Morgan fingerprint density at radius 2 is 1.85 bits per heavy atom. The molecule has 0 radical (unpaired) electrons. The number of amides is 2. The van der Waals surface area contributed by atoms with E-state index in [1.807, 2.05) is 13.8 Å². The number of hydrogen-bond donors (Lipinski definition) is 2. The van der Waals surface area contributed by atoms with Crippen LogP contribution in [0.3, 0.4) is 0 Å². The van der Waals surface area contributed by atoms with E-state index in [1.165, 1.54) is 49.8 Å². The summed E-state index contributed by atoms with van der Waals surface area (Å²) in [5.41, 5.74) is 5.74. The number of nitrogens with one attached hydrogen (secondary N) is 2. The molecule has 0 bridgehead atoms. The van der Waals surface area contributed by atoms with Crippen molar-refractivity contribution in [2.24, 2.45) is 0 Å². The molecule has 0 saturated heterocycles. The number of sulfonamides is 1. The van der Waals surface area contributed by atoms with Gasteiger partial charge in [-0.1, -0.05) is 17.5 Å². The van der Waals surface area contributed by atoms with Crippen LogP contribution >= 0.6 is 11.3 Å². The van der Waals surface area contributed by atoms with Crippen LogP contribution in [0.5, 0.6) is 0 Å². The molecule has 146 valence electrons. The summed E-state index contributed by atoms with van der Waals surface area (Å²) in [4.78, 5) is 30.6. The lowest BCUT2D eigenvalue weighted by Crippen LogP contribution is -2.41. The normalized spacial score (nSPS) is 11.4. The summed E-state index contributed by atoms with van der Waals surface area (Å²) in [6.45, 7) is 3.93. The number of thiophene rings is 1. The highest BCUT2D eigenvalue weighted by Gasteiger charge is 2.22. The Kier molecular flexibility index (Phi) is 6.71. The lowest BCUT2D eigenvalue weighted by atomic mass is 10.2. The molecule has 1 aromatic heterocycles. The minimum absolute atomic E-state index is 0.0810. The van der Waals surface area contributed by atoms with Crippen molar-refractivity contribution in [1.29, 1.82) is 0 Å². The fourth-order valence-corrected chi connectivity index (χ4v) is 4.30. The number of nitrogens with zero attached hydrogens (tertiary/aromatic N) is 1. The average molecular weight is 412 g/mol. The second kappa shape index (κ2) is 8.61. The molecule has 2 N–H and O–H groups in total. The summed E-state index contributed by atoms with van der Waals surface area (Å²) in [6, 6.07) is 7.19. The van der Waals surface area contributed by atoms with Gasteiger partial charge in [0.2, 0.25) is 0 Å². The standard InChI is InChI=1S/C17H21N3O5S2/c1-5-14-11(2)9-15(26-14)17(22)19-18-16(21)12-7-6-8-13(10-12)27(23,24)20(3)25-4/h6-10H,5H2,1-4H3,(H,18,21)(H,19,22). The molecule has 0 saturated carbocycles. The van der Waals surface area contributed by atoms with Gasteiger partial charge in [0.25, 0.3) is 21.8 Å². The maximum absolute atomic E-state index is 12.3. The molecule has 27 heavy (non-hydrogen) atoms. The van der Waals surface area contributed by atoms with Crippen molar-refractivity contribution in [3.05, 3.63) is 51.2 Å². The fraction of sp³-hybridized carbons (Fsp3) is 0.294. The molecule has 0 aliphatic heterocycles. The lowest BCUT2D eigenvalue weighted by molar-refractivity contribution is -0.0258. The molecule has 0 unspecified atom stereocenters. The number of carbonyl (C=O) groups excluding carboxylic acids is 2. The van der Waals surface area contributed by atoms with E-state index in [0.29, 0.717) is 9.35 Å². The number of hydrazine groups is 1. The van der Waals surface area contributed by atoms with Crippen molar-refractivity contribution in [1.82, 2.24) is 15.3 Å². The van der Waals surface area contributed by atoms with E-state index in [1.54, 1.807) is 6.07 Å². The van der Waals surface area contributed by atoms with E-state index in [0.717, 1.165) is 16.9 Å². The molecule has 1 heterocycles. The van der Waals surface area contributed by atoms with Crippen molar-refractivity contribution >= 4 is 33.2 Å². The number of benzene rings is 1. The molecule has 0 fully saturated rings. The lowest BCUT2D eigenvalue weighted by Gasteiger charge is -2.14. The Bertz CT molecular complexity index is 953. The van der Waals surface area contributed by atoms with E-state index in [-0.39, 0.29) is 10.5 Å². The third kappa shape index (κ3) is 4.72. The topological polar surface area (TPSA) is 105 Å². The first-order valence-corrected chi connectivity index (χ1v) is 10.3. The van der Waals surface area contributed by atoms with Gasteiger partial charge in [-0.15, -0.1) is 11.3 Å². The van der Waals surface area contributed by atoms with E-state index < -0.39 is 21.8 Å². The van der Waals surface area contributed by atoms with E-state index in [9.17, 15) is 18.0 Å². The number of hydroxylamine groups is 1. The van der Waals surface area contributed by atoms with Crippen LogP contribution in [0, 0.1) is 6.92 Å². The van der Waals surface area contributed by atoms with Gasteiger partial charge < -0.3 is 0 Å². The van der Waals surface area contributed by atoms with Gasteiger partial charge in [-0.25, -0.2) is 8.42 Å². The van der Waals surface area contributed by atoms with Gasteiger partial charge in [0, 0.05) is 17.5 Å². The molecular formula is C17H21N3O5S2. The van der Waals surface area contributed by atoms with Crippen LogP contribution in [0.1, 0.15) is 37.4 Å². The van der Waals surface area contributed by atoms with E-state index >= 15 is 0 Å². The van der Waals surface area contributed by atoms with E-state index in [2.05, 4.69) is 10.9 Å². The van der Waals surface area contributed by atoms with Crippen molar-refractivity contribution < 1.29 is 22.8 Å². The summed E-state index contributed by atoms with van der Waals surface area (Å²) in [5, 5.41) is 0. The highest BCUT2D eigenvalue weighted by Crippen LogP contribution is 2.22. The quantitative estimate of drug-likeness (QED) is 0.706. The van der Waals surface area contributed by atoms with Crippen LogP contribution in [0.15, 0.2) is 35.2 Å². The summed E-state index contributed by atoms with van der Waals surface area (Å²) in [5.74, 6) is -1.07. The fourth-order valence-electron chi connectivity index (χ4n) is 2.27. The predicted octanol–water partition coefficient (Wildman–Crippen LogP) is 1.88. The van der Waals surface area contributed by atoms with Gasteiger partial charge in [-0.05, 0) is 43.2 Å². The van der Waals surface area contributed by atoms with Gasteiger partial charge in [0.15, 0.2) is 0 Å². The first-order chi connectivity index (χ1) is 12.7. The van der Waals surface area contributed by atoms with Gasteiger partial charge in [-0.3, -0.25) is 25.3 Å². The molecule has 1 aromatic carbocycles. The van der Waals surface area contributed by atoms with E-state index in [4.69, 9.17) is 4.84 Å². The van der Waals surface area contributed by atoms with Crippen LogP contribution in [0.4, 0.5) is 0 Å². The van der Waals surface area contributed by atoms with Gasteiger partial charge in [0.1, 0.15) is 0 Å². The maximum atomic E-state index is 12.3. The van der Waals surface area contributed by atoms with Crippen LogP contribution in [-0.2, 0) is 21.3 Å². The molecule has 8 nitrogen and oxygen atoms in total. The Hall–Kier alpha value is -2.27. The Morgan fingerprint density at radius 3 is 2.44 bits per heavy atom.